The maximum Gasteiger partial charge on any atom is 0.231 e. The highest BCUT2D eigenvalue weighted by atomic mass is 79.9. The lowest BCUT2D eigenvalue weighted by molar-refractivity contribution is -0.117. The van der Waals surface area contributed by atoms with E-state index in [9.17, 15) is 9.18 Å². The van der Waals surface area contributed by atoms with Gasteiger partial charge in [-0.3, -0.25) is 4.79 Å². The van der Waals surface area contributed by atoms with E-state index in [0.717, 1.165) is 0 Å². The summed E-state index contributed by atoms with van der Waals surface area (Å²) in [4.78, 5) is 17.6. The zero-order valence-electron chi connectivity index (χ0n) is 10.8. The molecule has 0 spiro atoms. The summed E-state index contributed by atoms with van der Waals surface area (Å²) in [5.74, 6) is -0.651. The molecule has 1 aromatic heterocycles. The quantitative estimate of drug-likeness (QED) is 0.876. The Balaban J connectivity index is 2.19. The predicted molar refractivity (Wildman–Crippen MR) is 79.9 cm³/mol. The van der Waals surface area contributed by atoms with E-state index < -0.39 is 5.82 Å². The predicted octanol–water partition coefficient (Wildman–Crippen LogP) is 2.77. The zero-order chi connectivity index (χ0) is 14.7. The van der Waals surface area contributed by atoms with Gasteiger partial charge in [0.1, 0.15) is 10.4 Å². The second-order valence-corrected chi connectivity index (χ2v) is 5.10. The summed E-state index contributed by atoms with van der Waals surface area (Å²) in [6, 6.07) is 7.82. The highest BCUT2D eigenvalue weighted by Gasteiger charge is 2.16. The van der Waals surface area contributed by atoms with Gasteiger partial charge in [0, 0.05) is 7.05 Å². The monoisotopic (exact) mass is 337 g/mol. The van der Waals surface area contributed by atoms with Crippen LogP contribution in [0.2, 0.25) is 0 Å². The van der Waals surface area contributed by atoms with Crippen molar-refractivity contribution in [1.29, 1.82) is 0 Å². The molecule has 0 aliphatic heterocycles. The summed E-state index contributed by atoms with van der Waals surface area (Å²) in [5, 5.41) is 0. The molecule has 1 heterocycles. The van der Waals surface area contributed by atoms with Crippen LogP contribution in [-0.2, 0) is 11.2 Å². The number of carbonyl (C=O) groups excluding carboxylic acids is 1. The van der Waals surface area contributed by atoms with Gasteiger partial charge in [0.25, 0.3) is 0 Å². The molecule has 20 heavy (non-hydrogen) atoms. The first-order valence-electron chi connectivity index (χ1n) is 5.90. The number of halogens is 2. The number of pyridine rings is 1. The number of aromatic nitrogens is 1. The third-order valence-electron chi connectivity index (χ3n) is 2.92. The van der Waals surface area contributed by atoms with Crippen molar-refractivity contribution in [2.24, 2.45) is 0 Å². The normalized spacial score (nSPS) is 10.3. The number of nitrogens with zero attached hydrogens (tertiary/aromatic N) is 2. The van der Waals surface area contributed by atoms with Crippen molar-refractivity contribution in [2.45, 2.75) is 6.42 Å². The van der Waals surface area contributed by atoms with E-state index in [1.54, 1.807) is 31.3 Å². The first-order chi connectivity index (χ1) is 9.49. The van der Waals surface area contributed by atoms with Gasteiger partial charge in [-0.05, 0) is 33.6 Å². The number of hydrogen-bond acceptors (Lipinski definition) is 3. The van der Waals surface area contributed by atoms with Crippen molar-refractivity contribution >= 4 is 33.2 Å². The van der Waals surface area contributed by atoms with Gasteiger partial charge in [-0.1, -0.05) is 18.2 Å². The van der Waals surface area contributed by atoms with Gasteiger partial charge in [0.05, 0.1) is 24.0 Å². The van der Waals surface area contributed by atoms with Crippen LogP contribution in [0.5, 0.6) is 0 Å². The molecular formula is C14H13BrFN3O. The molecule has 0 aliphatic carbocycles. The number of anilines is 2. The maximum absolute atomic E-state index is 13.5. The number of nitrogen functional groups attached to an aromatic ring is 1. The van der Waals surface area contributed by atoms with E-state index in [4.69, 9.17) is 5.73 Å². The Morgan fingerprint density at radius 1 is 1.45 bits per heavy atom. The molecular weight excluding hydrogens is 325 g/mol. The summed E-state index contributed by atoms with van der Waals surface area (Å²) < 4.78 is 14.1. The molecule has 6 heteroatoms. The Bertz CT molecular complexity index is 648. The third-order valence-corrected chi connectivity index (χ3v) is 3.35. The van der Waals surface area contributed by atoms with Crippen molar-refractivity contribution in [2.75, 3.05) is 17.7 Å². The molecule has 0 fully saturated rings. The zero-order valence-corrected chi connectivity index (χ0v) is 12.4. The Hall–Kier alpha value is -1.95. The average molecular weight is 338 g/mol. The Kier molecular flexibility index (Phi) is 4.34. The standard InChI is InChI=1S/C14H13BrFN3O/c1-19(12-8-18-13(15)7-11(12)17)14(20)6-9-4-2-3-5-10(9)16/h2-5,7-8H,6H2,1H3,(H2,17,18). The Morgan fingerprint density at radius 2 is 2.15 bits per heavy atom. The molecule has 0 radical (unpaired) electrons. The fourth-order valence-corrected chi connectivity index (χ4v) is 2.12. The molecule has 0 atom stereocenters. The van der Waals surface area contributed by atoms with Crippen LogP contribution in [0.1, 0.15) is 5.56 Å². The van der Waals surface area contributed by atoms with E-state index in [-0.39, 0.29) is 12.3 Å². The molecule has 0 aliphatic rings. The van der Waals surface area contributed by atoms with Crippen molar-refractivity contribution in [3.05, 3.63) is 52.5 Å². The molecule has 0 bridgehead atoms. The minimum Gasteiger partial charge on any atom is -0.397 e. The second-order valence-electron chi connectivity index (χ2n) is 4.29. The molecule has 2 rings (SSSR count). The van der Waals surface area contributed by atoms with Crippen LogP contribution in [0, 0.1) is 5.82 Å². The van der Waals surface area contributed by atoms with E-state index in [0.29, 0.717) is 21.5 Å². The van der Waals surface area contributed by atoms with E-state index in [2.05, 4.69) is 20.9 Å². The number of hydrogen-bond donors (Lipinski definition) is 1. The van der Waals surface area contributed by atoms with Crippen LogP contribution >= 0.6 is 15.9 Å². The van der Waals surface area contributed by atoms with Crippen molar-refractivity contribution in [1.82, 2.24) is 4.98 Å². The van der Waals surface area contributed by atoms with Gasteiger partial charge in [0.15, 0.2) is 0 Å². The number of benzene rings is 1. The van der Waals surface area contributed by atoms with E-state index in [1.165, 1.54) is 17.2 Å². The molecule has 1 amide bonds. The van der Waals surface area contributed by atoms with Gasteiger partial charge in [0.2, 0.25) is 5.91 Å². The summed E-state index contributed by atoms with van der Waals surface area (Å²) in [5.41, 5.74) is 7.12. The minimum atomic E-state index is -0.392. The fourth-order valence-electron chi connectivity index (χ4n) is 1.77. The molecule has 4 nitrogen and oxygen atoms in total. The fraction of sp³-hybridized carbons (Fsp3) is 0.143. The van der Waals surface area contributed by atoms with Crippen LogP contribution in [0.3, 0.4) is 0 Å². The summed E-state index contributed by atoms with van der Waals surface area (Å²) in [6.45, 7) is 0. The molecule has 0 saturated heterocycles. The molecule has 2 N–H and O–H groups in total. The number of carbonyl (C=O) groups is 1. The first-order valence-corrected chi connectivity index (χ1v) is 6.69. The van der Waals surface area contributed by atoms with Gasteiger partial charge in [-0.25, -0.2) is 9.37 Å². The van der Waals surface area contributed by atoms with Gasteiger partial charge < -0.3 is 10.6 Å². The summed E-state index contributed by atoms with van der Waals surface area (Å²) in [6.07, 6.45) is 1.47. The highest BCUT2D eigenvalue weighted by molar-refractivity contribution is 9.10. The number of nitrogens with two attached hydrogens (primary N) is 1. The molecule has 0 saturated carbocycles. The Morgan fingerprint density at radius 3 is 2.80 bits per heavy atom. The molecule has 1 aromatic carbocycles. The SMILES string of the molecule is CN(C(=O)Cc1ccccc1F)c1cnc(Br)cc1N. The minimum absolute atomic E-state index is 0.0291. The third kappa shape index (κ3) is 3.14. The molecule has 2 aromatic rings. The van der Waals surface area contributed by atoms with Gasteiger partial charge in [-0.2, -0.15) is 0 Å². The average Bonchev–Trinajstić information content (AvgIpc) is 2.40. The van der Waals surface area contributed by atoms with Crippen LogP contribution < -0.4 is 10.6 Å². The van der Waals surface area contributed by atoms with Crippen LogP contribution in [0.15, 0.2) is 41.1 Å². The number of amides is 1. The van der Waals surface area contributed by atoms with Gasteiger partial charge >= 0.3 is 0 Å². The maximum atomic E-state index is 13.5. The largest absolute Gasteiger partial charge is 0.397 e. The summed E-state index contributed by atoms with van der Waals surface area (Å²) >= 11 is 3.20. The lowest BCUT2D eigenvalue weighted by Gasteiger charge is -2.19. The van der Waals surface area contributed by atoms with Crippen LogP contribution in [-0.4, -0.2) is 17.9 Å². The number of rotatable bonds is 3. The lowest BCUT2D eigenvalue weighted by atomic mass is 10.1. The molecule has 0 unspecified atom stereocenters. The lowest BCUT2D eigenvalue weighted by Crippen LogP contribution is -2.29. The number of likely N-dealkylation sites (N-methyl/N-ethyl adjacent to an activating group) is 1. The van der Waals surface area contributed by atoms with E-state index in [1.807, 2.05) is 0 Å². The highest BCUT2D eigenvalue weighted by Crippen LogP contribution is 2.24. The van der Waals surface area contributed by atoms with Crippen molar-refractivity contribution < 1.29 is 9.18 Å². The Labute approximate surface area is 124 Å². The second kappa shape index (κ2) is 6.00. The summed E-state index contributed by atoms with van der Waals surface area (Å²) in [7, 11) is 1.59. The van der Waals surface area contributed by atoms with Gasteiger partial charge in [-0.15, -0.1) is 0 Å². The van der Waals surface area contributed by atoms with Crippen LogP contribution in [0.4, 0.5) is 15.8 Å². The smallest absolute Gasteiger partial charge is 0.231 e. The van der Waals surface area contributed by atoms with Crippen molar-refractivity contribution in [3.63, 3.8) is 0 Å². The van der Waals surface area contributed by atoms with Crippen LogP contribution in [0.25, 0.3) is 0 Å². The topological polar surface area (TPSA) is 59.2 Å². The first kappa shape index (κ1) is 14.5. The molecule has 104 valence electrons. The van der Waals surface area contributed by atoms with E-state index >= 15 is 0 Å². The van der Waals surface area contributed by atoms with Crippen molar-refractivity contribution in [3.8, 4) is 0 Å².